The van der Waals surface area contributed by atoms with Gasteiger partial charge < -0.3 is 15.0 Å². The van der Waals surface area contributed by atoms with Gasteiger partial charge >= 0.3 is 0 Å². The van der Waals surface area contributed by atoms with Crippen molar-refractivity contribution in [1.29, 1.82) is 0 Å². The molecule has 2 fully saturated rings. The molecule has 1 amide bonds. The topological polar surface area (TPSA) is 57.7 Å². The van der Waals surface area contributed by atoms with Crippen molar-refractivity contribution in [2.45, 2.75) is 25.3 Å². The molecule has 7 heteroatoms. The van der Waals surface area contributed by atoms with Gasteiger partial charge in [-0.05, 0) is 25.0 Å². The number of aromatic nitrogens is 1. The van der Waals surface area contributed by atoms with Crippen LogP contribution in [0, 0.1) is 0 Å². The van der Waals surface area contributed by atoms with Crippen molar-refractivity contribution in [3.8, 4) is 0 Å². The lowest BCUT2D eigenvalue weighted by Gasteiger charge is -2.33. The summed E-state index contributed by atoms with van der Waals surface area (Å²) in [5.41, 5.74) is 1.06. The van der Waals surface area contributed by atoms with Crippen LogP contribution >= 0.6 is 11.3 Å². The predicted molar refractivity (Wildman–Crippen MR) is 105 cm³/mol. The van der Waals surface area contributed by atoms with Crippen LogP contribution < -0.4 is 10.2 Å². The molecule has 0 saturated carbocycles. The number of rotatable bonds is 5. The summed E-state index contributed by atoms with van der Waals surface area (Å²) in [5.74, 6) is 0.160. The monoisotopic (exact) mass is 374 g/mol. The molecule has 0 bridgehead atoms. The summed E-state index contributed by atoms with van der Waals surface area (Å²) in [6.45, 7) is 6.11. The number of nitrogens with zero attached hydrogens (tertiary/aromatic N) is 3. The number of thiazole rings is 1. The summed E-state index contributed by atoms with van der Waals surface area (Å²) in [7, 11) is 0. The van der Waals surface area contributed by atoms with E-state index in [0.29, 0.717) is 6.42 Å². The van der Waals surface area contributed by atoms with Gasteiger partial charge in [0.25, 0.3) is 0 Å². The van der Waals surface area contributed by atoms with E-state index in [1.165, 1.54) is 4.70 Å². The Morgan fingerprint density at radius 3 is 2.96 bits per heavy atom. The summed E-state index contributed by atoms with van der Waals surface area (Å²) >= 11 is 1.74. The van der Waals surface area contributed by atoms with Crippen LogP contribution in [-0.2, 0) is 9.53 Å². The number of para-hydroxylation sites is 1. The van der Waals surface area contributed by atoms with Crippen LogP contribution in [0.1, 0.15) is 19.3 Å². The fourth-order valence-corrected chi connectivity index (χ4v) is 4.65. The highest BCUT2D eigenvalue weighted by Crippen LogP contribution is 2.30. The van der Waals surface area contributed by atoms with Crippen LogP contribution in [0.2, 0.25) is 0 Å². The second kappa shape index (κ2) is 8.33. The van der Waals surface area contributed by atoms with Gasteiger partial charge in [-0.3, -0.25) is 9.69 Å². The summed E-state index contributed by atoms with van der Waals surface area (Å²) in [5, 5.41) is 4.30. The van der Waals surface area contributed by atoms with E-state index < -0.39 is 0 Å². The minimum Gasteiger partial charge on any atom is -0.379 e. The number of carbonyl (C=O) groups is 1. The minimum atomic E-state index is 0.160. The molecule has 3 heterocycles. The van der Waals surface area contributed by atoms with Crippen LogP contribution in [-0.4, -0.2) is 67.8 Å². The predicted octanol–water partition coefficient (Wildman–Crippen LogP) is 2.10. The first-order chi connectivity index (χ1) is 12.8. The quantitative estimate of drug-likeness (QED) is 0.869. The van der Waals surface area contributed by atoms with E-state index in [2.05, 4.69) is 33.3 Å². The van der Waals surface area contributed by atoms with E-state index in [9.17, 15) is 4.79 Å². The van der Waals surface area contributed by atoms with Crippen LogP contribution in [0.4, 0.5) is 5.13 Å². The average Bonchev–Trinajstić information content (AvgIpc) is 3.12. The van der Waals surface area contributed by atoms with Gasteiger partial charge in [0.15, 0.2) is 5.13 Å². The highest BCUT2D eigenvalue weighted by molar-refractivity contribution is 7.22. The third kappa shape index (κ3) is 4.34. The first-order valence-corrected chi connectivity index (χ1v) is 10.3. The Labute approximate surface area is 158 Å². The number of anilines is 1. The summed E-state index contributed by atoms with van der Waals surface area (Å²) in [6.07, 6.45) is 2.70. The second-order valence-corrected chi connectivity index (χ2v) is 8.03. The standard InChI is InChI=1S/C19H26N4O2S/c24-18(7-9-22-10-12-25-13-11-22)20-15-4-3-8-23(14-15)19-21-16-5-1-2-6-17(16)26-19/h1-2,5-6,15H,3-4,7-14H2,(H,20,24)/t15-/m0/s1. The van der Waals surface area contributed by atoms with Crippen molar-refractivity contribution in [3.05, 3.63) is 24.3 Å². The van der Waals surface area contributed by atoms with Gasteiger partial charge in [0.1, 0.15) is 0 Å². The molecule has 2 aromatic rings. The van der Waals surface area contributed by atoms with E-state index >= 15 is 0 Å². The van der Waals surface area contributed by atoms with Crippen LogP contribution in [0.5, 0.6) is 0 Å². The van der Waals surface area contributed by atoms with Crippen molar-refractivity contribution in [2.75, 3.05) is 50.8 Å². The highest BCUT2D eigenvalue weighted by atomic mass is 32.1. The molecule has 0 aliphatic carbocycles. The van der Waals surface area contributed by atoms with E-state index in [0.717, 1.165) is 69.4 Å². The van der Waals surface area contributed by atoms with Crippen LogP contribution in [0.25, 0.3) is 10.2 Å². The minimum absolute atomic E-state index is 0.160. The fourth-order valence-electron chi connectivity index (χ4n) is 3.65. The van der Waals surface area contributed by atoms with E-state index in [4.69, 9.17) is 9.72 Å². The van der Waals surface area contributed by atoms with Crippen molar-refractivity contribution in [2.24, 2.45) is 0 Å². The lowest BCUT2D eigenvalue weighted by Crippen LogP contribution is -2.48. The zero-order valence-corrected chi connectivity index (χ0v) is 15.8. The Morgan fingerprint density at radius 2 is 2.12 bits per heavy atom. The first-order valence-electron chi connectivity index (χ1n) is 9.48. The van der Waals surface area contributed by atoms with Crippen LogP contribution in [0.3, 0.4) is 0 Å². The molecular formula is C19H26N4O2S. The van der Waals surface area contributed by atoms with Gasteiger partial charge in [-0.1, -0.05) is 23.5 Å². The van der Waals surface area contributed by atoms with Crippen molar-refractivity contribution in [1.82, 2.24) is 15.2 Å². The number of hydrogen-bond acceptors (Lipinski definition) is 6. The molecule has 0 unspecified atom stereocenters. The number of ether oxygens (including phenoxy) is 1. The SMILES string of the molecule is O=C(CCN1CCOCC1)N[C@H]1CCCN(c2nc3ccccc3s2)C1. The third-order valence-corrected chi connectivity index (χ3v) is 6.20. The number of piperidine rings is 1. The van der Waals surface area contributed by atoms with Crippen molar-refractivity contribution < 1.29 is 9.53 Å². The largest absolute Gasteiger partial charge is 0.379 e. The molecule has 6 nitrogen and oxygen atoms in total. The molecule has 2 aliphatic heterocycles. The Morgan fingerprint density at radius 1 is 1.27 bits per heavy atom. The smallest absolute Gasteiger partial charge is 0.221 e. The van der Waals surface area contributed by atoms with Gasteiger partial charge in [0, 0.05) is 45.2 Å². The van der Waals surface area contributed by atoms with Crippen molar-refractivity contribution in [3.63, 3.8) is 0 Å². The molecule has 4 rings (SSSR count). The molecule has 1 aromatic carbocycles. The van der Waals surface area contributed by atoms with E-state index in [1.807, 2.05) is 6.07 Å². The first kappa shape index (κ1) is 17.7. The van der Waals surface area contributed by atoms with Gasteiger partial charge in [-0.15, -0.1) is 0 Å². The normalized spacial score (nSPS) is 21.8. The molecule has 1 aromatic heterocycles. The van der Waals surface area contributed by atoms with Crippen LogP contribution in [0.15, 0.2) is 24.3 Å². The summed E-state index contributed by atoms with van der Waals surface area (Å²) in [6, 6.07) is 8.47. The maximum atomic E-state index is 12.3. The van der Waals surface area contributed by atoms with Gasteiger partial charge in [-0.2, -0.15) is 0 Å². The molecule has 2 saturated heterocycles. The van der Waals surface area contributed by atoms with E-state index in [1.54, 1.807) is 11.3 Å². The van der Waals surface area contributed by atoms with Gasteiger partial charge in [0.05, 0.1) is 23.4 Å². The summed E-state index contributed by atoms with van der Waals surface area (Å²) in [4.78, 5) is 21.7. The number of morpholine rings is 1. The lowest BCUT2D eigenvalue weighted by molar-refractivity contribution is -0.122. The molecule has 140 valence electrons. The maximum Gasteiger partial charge on any atom is 0.221 e. The highest BCUT2D eigenvalue weighted by Gasteiger charge is 2.24. The van der Waals surface area contributed by atoms with Crippen molar-refractivity contribution >= 4 is 32.6 Å². The molecule has 1 atom stereocenters. The molecule has 0 radical (unpaired) electrons. The second-order valence-electron chi connectivity index (χ2n) is 7.02. The molecule has 0 spiro atoms. The number of benzene rings is 1. The fraction of sp³-hybridized carbons (Fsp3) is 0.579. The van der Waals surface area contributed by atoms with Gasteiger partial charge in [0.2, 0.25) is 5.91 Å². The average molecular weight is 375 g/mol. The maximum absolute atomic E-state index is 12.3. The number of carbonyl (C=O) groups excluding carboxylic acids is 1. The molecule has 2 aliphatic rings. The Hall–Kier alpha value is -1.70. The summed E-state index contributed by atoms with van der Waals surface area (Å²) < 4.78 is 6.57. The lowest BCUT2D eigenvalue weighted by atomic mass is 10.1. The Balaban J connectivity index is 1.29. The number of fused-ring (bicyclic) bond motifs is 1. The van der Waals surface area contributed by atoms with Gasteiger partial charge in [-0.25, -0.2) is 4.98 Å². The number of nitrogens with one attached hydrogen (secondary N) is 1. The number of amides is 1. The number of hydrogen-bond donors (Lipinski definition) is 1. The molecule has 26 heavy (non-hydrogen) atoms. The molecule has 1 N–H and O–H groups in total. The zero-order chi connectivity index (χ0) is 17.8. The zero-order valence-electron chi connectivity index (χ0n) is 15.0. The van der Waals surface area contributed by atoms with E-state index in [-0.39, 0.29) is 11.9 Å². The Kier molecular flexibility index (Phi) is 5.67. The Bertz CT molecular complexity index is 711. The third-order valence-electron chi connectivity index (χ3n) is 5.10. The molecular weight excluding hydrogens is 348 g/mol.